The number of nitrogens with zero attached hydrogens (tertiary/aromatic N) is 3. The predicted molar refractivity (Wildman–Crippen MR) is 108 cm³/mol. The van der Waals surface area contributed by atoms with Gasteiger partial charge in [0.15, 0.2) is 5.82 Å². The summed E-state index contributed by atoms with van der Waals surface area (Å²) in [4.78, 5) is 8.88. The van der Waals surface area contributed by atoms with Crippen molar-refractivity contribution in [3.8, 4) is 0 Å². The van der Waals surface area contributed by atoms with Crippen LogP contribution < -0.4 is 10.5 Å². The Bertz CT molecular complexity index is 848. The molecular weight excluding hydrogens is 366 g/mol. The summed E-state index contributed by atoms with van der Waals surface area (Å²) in [5.41, 5.74) is 8.50. The van der Waals surface area contributed by atoms with E-state index >= 15 is 0 Å². The lowest BCUT2D eigenvalue weighted by atomic mass is 10.3. The highest BCUT2D eigenvalue weighted by atomic mass is 32.2. The molecule has 27 heavy (non-hydrogen) atoms. The molecule has 0 amide bonds. The molecule has 0 saturated heterocycles. The Morgan fingerprint density at radius 1 is 1.22 bits per heavy atom. The lowest BCUT2D eigenvalue weighted by molar-refractivity contribution is 0.126. The lowest BCUT2D eigenvalue weighted by Gasteiger charge is -2.10. The van der Waals surface area contributed by atoms with Gasteiger partial charge in [-0.1, -0.05) is 13.3 Å². The first-order valence-corrected chi connectivity index (χ1v) is 11.2. The Balaban J connectivity index is 2.02. The molecule has 2 aromatic rings. The fraction of sp³-hybridized carbons (Fsp3) is 0.667. The Morgan fingerprint density at radius 2 is 2.00 bits per heavy atom. The van der Waals surface area contributed by atoms with Crippen LogP contribution in [0, 0.1) is 6.92 Å². The van der Waals surface area contributed by atoms with E-state index in [0.29, 0.717) is 37.5 Å². The van der Waals surface area contributed by atoms with E-state index in [2.05, 4.69) is 19.3 Å². The van der Waals surface area contributed by atoms with Crippen LogP contribution in [0.4, 0.5) is 5.82 Å². The quantitative estimate of drug-likeness (QED) is 0.532. The minimum Gasteiger partial charge on any atom is -0.382 e. The van der Waals surface area contributed by atoms with Crippen LogP contribution in [0.2, 0.25) is 0 Å². The van der Waals surface area contributed by atoms with Crippen molar-refractivity contribution in [1.29, 1.82) is 0 Å². The van der Waals surface area contributed by atoms with E-state index in [0.717, 1.165) is 42.8 Å². The first-order chi connectivity index (χ1) is 12.9. The fourth-order valence-corrected chi connectivity index (χ4v) is 4.17. The van der Waals surface area contributed by atoms with Gasteiger partial charge in [-0.3, -0.25) is 0 Å². The van der Waals surface area contributed by atoms with Crippen molar-refractivity contribution >= 4 is 26.9 Å². The number of imidazole rings is 1. The number of rotatable bonds is 12. The molecule has 9 heteroatoms. The van der Waals surface area contributed by atoms with E-state index in [4.69, 9.17) is 10.5 Å². The molecule has 2 rings (SSSR count). The Kier molecular flexibility index (Phi) is 8.00. The SMILES string of the molecule is CCCCS(=O)(=O)NCCCCn1c(COCC)nc2c(N)nc(C)cc21. The summed E-state index contributed by atoms with van der Waals surface area (Å²) in [6.07, 6.45) is 3.13. The Hall–Kier alpha value is -1.71. The predicted octanol–water partition coefficient (Wildman–Crippen LogP) is 2.36. The van der Waals surface area contributed by atoms with E-state index in [1.807, 2.05) is 26.8 Å². The number of pyridine rings is 1. The average molecular weight is 398 g/mol. The highest BCUT2D eigenvalue weighted by Gasteiger charge is 2.14. The number of aromatic nitrogens is 3. The van der Waals surface area contributed by atoms with Crippen LogP contribution >= 0.6 is 0 Å². The van der Waals surface area contributed by atoms with Gasteiger partial charge in [0.25, 0.3) is 0 Å². The number of hydrogen-bond donors (Lipinski definition) is 2. The third-order valence-corrected chi connectivity index (χ3v) is 5.77. The summed E-state index contributed by atoms with van der Waals surface area (Å²) < 4.78 is 34.0. The van der Waals surface area contributed by atoms with Crippen molar-refractivity contribution in [2.75, 3.05) is 24.6 Å². The second kappa shape index (κ2) is 10.0. The van der Waals surface area contributed by atoms with Crippen LogP contribution in [0.5, 0.6) is 0 Å². The van der Waals surface area contributed by atoms with Crippen LogP contribution in [0.15, 0.2) is 6.07 Å². The Morgan fingerprint density at radius 3 is 2.70 bits per heavy atom. The molecule has 0 aliphatic rings. The second-order valence-electron chi connectivity index (χ2n) is 6.61. The molecule has 0 bridgehead atoms. The number of anilines is 1. The number of ether oxygens (including phenoxy) is 1. The number of fused-ring (bicyclic) bond motifs is 1. The number of nitrogens with two attached hydrogens (primary N) is 1. The van der Waals surface area contributed by atoms with Crippen molar-refractivity contribution in [3.05, 3.63) is 17.6 Å². The number of sulfonamides is 1. The number of nitrogens with one attached hydrogen (secondary N) is 1. The van der Waals surface area contributed by atoms with Crippen molar-refractivity contribution in [2.24, 2.45) is 0 Å². The molecular formula is C18H31N5O3S. The second-order valence-corrected chi connectivity index (χ2v) is 8.53. The molecule has 0 atom stereocenters. The van der Waals surface area contributed by atoms with Crippen molar-refractivity contribution in [3.63, 3.8) is 0 Å². The molecule has 152 valence electrons. The maximum atomic E-state index is 11.8. The van der Waals surface area contributed by atoms with Crippen LogP contribution in [0.1, 0.15) is 51.0 Å². The van der Waals surface area contributed by atoms with Gasteiger partial charge >= 0.3 is 0 Å². The number of unbranched alkanes of at least 4 members (excludes halogenated alkanes) is 2. The molecule has 8 nitrogen and oxygen atoms in total. The monoisotopic (exact) mass is 397 g/mol. The lowest BCUT2D eigenvalue weighted by Crippen LogP contribution is -2.27. The molecule has 0 aromatic carbocycles. The molecule has 2 heterocycles. The molecule has 0 spiro atoms. The van der Waals surface area contributed by atoms with Crippen molar-refractivity contribution < 1.29 is 13.2 Å². The molecule has 0 aliphatic carbocycles. The third-order valence-electron chi connectivity index (χ3n) is 4.30. The number of aryl methyl sites for hydroxylation is 2. The van der Waals surface area contributed by atoms with Crippen LogP contribution in [0.25, 0.3) is 11.0 Å². The molecule has 0 radical (unpaired) electrons. The summed E-state index contributed by atoms with van der Waals surface area (Å²) in [6, 6.07) is 1.97. The molecule has 0 unspecified atom stereocenters. The van der Waals surface area contributed by atoms with E-state index in [1.165, 1.54) is 0 Å². The van der Waals surface area contributed by atoms with Gasteiger partial charge in [0.1, 0.15) is 17.9 Å². The van der Waals surface area contributed by atoms with Crippen LogP contribution in [-0.4, -0.2) is 41.9 Å². The molecule has 0 saturated carbocycles. The van der Waals surface area contributed by atoms with E-state index in [9.17, 15) is 8.42 Å². The highest BCUT2D eigenvalue weighted by molar-refractivity contribution is 7.89. The van der Waals surface area contributed by atoms with E-state index in [1.54, 1.807) is 0 Å². The zero-order valence-corrected chi connectivity index (χ0v) is 17.3. The van der Waals surface area contributed by atoms with Gasteiger partial charge in [-0.25, -0.2) is 23.1 Å². The van der Waals surface area contributed by atoms with Gasteiger partial charge in [0, 0.05) is 25.4 Å². The maximum absolute atomic E-state index is 11.8. The van der Waals surface area contributed by atoms with Crippen LogP contribution in [-0.2, 0) is 27.9 Å². The molecule has 3 N–H and O–H groups in total. The minimum absolute atomic E-state index is 0.194. The average Bonchev–Trinajstić information content (AvgIpc) is 2.96. The third kappa shape index (κ3) is 6.15. The van der Waals surface area contributed by atoms with Gasteiger partial charge in [0.05, 0.1) is 11.3 Å². The maximum Gasteiger partial charge on any atom is 0.211 e. The van der Waals surface area contributed by atoms with Crippen LogP contribution in [0.3, 0.4) is 0 Å². The van der Waals surface area contributed by atoms with Crippen molar-refractivity contribution in [1.82, 2.24) is 19.3 Å². The largest absolute Gasteiger partial charge is 0.382 e. The standard InChI is InChI=1S/C18H31N5O3S/c1-4-6-11-27(24,25)20-9-7-8-10-23-15-12-14(3)21-18(19)17(15)22-16(23)13-26-5-2/h12,20H,4-11,13H2,1-3H3,(H2,19,21). The summed E-state index contributed by atoms with van der Waals surface area (Å²) in [7, 11) is -3.16. The smallest absolute Gasteiger partial charge is 0.211 e. The molecule has 0 aliphatic heterocycles. The number of hydrogen-bond acceptors (Lipinski definition) is 6. The van der Waals surface area contributed by atoms with Crippen molar-refractivity contribution in [2.45, 2.75) is 59.6 Å². The molecule has 2 aromatic heterocycles. The van der Waals surface area contributed by atoms with E-state index < -0.39 is 10.0 Å². The summed E-state index contributed by atoms with van der Waals surface area (Å²) in [5.74, 6) is 1.43. The normalized spacial score (nSPS) is 12.1. The Labute approximate surface area is 161 Å². The zero-order valence-electron chi connectivity index (χ0n) is 16.5. The highest BCUT2D eigenvalue weighted by Crippen LogP contribution is 2.22. The first-order valence-electron chi connectivity index (χ1n) is 9.55. The van der Waals surface area contributed by atoms with Gasteiger partial charge in [-0.05, 0) is 39.2 Å². The van der Waals surface area contributed by atoms with Gasteiger partial charge in [0.2, 0.25) is 10.0 Å². The molecule has 0 fully saturated rings. The minimum atomic E-state index is -3.16. The summed E-state index contributed by atoms with van der Waals surface area (Å²) in [6.45, 7) is 8.01. The van der Waals surface area contributed by atoms with E-state index in [-0.39, 0.29) is 5.75 Å². The summed E-state index contributed by atoms with van der Waals surface area (Å²) in [5, 5.41) is 0. The zero-order chi connectivity index (χ0) is 19.9. The fourth-order valence-electron chi connectivity index (χ4n) is 2.90. The first kappa shape index (κ1) is 21.6. The van der Waals surface area contributed by atoms with Gasteiger partial charge < -0.3 is 15.0 Å². The van der Waals surface area contributed by atoms with Gasteiger partial charge in [-0.15, -0.1) is 0 Å². The summed E-state index contributed by atoms with van der Waals surface area (Å²) >= 11 is 0. The number of nitrogen functional groups attached to an aromatic ring is 1. The topological polar surface area (TPSA) is 112 Å². The van der Waals surface area contributed by atoms with Gasteiger partial charge in [-0.2, -0.15) is 0 Å².